The molecule has 7 heteroatoms. The largest absolute Gasteiger partial charge is 0.328 e. The molecule has 25 heavy (non-hydrogen) atoms. The van der Waals surface area contributed by atoms with Crippen LogP contribution in [0.4, 0.5) is 5.69 Å². The number of hydrogen-bond donors (Lipinski definition) is 2. The lowest BCUT2D eigenvalue weighted by Crippen LogP contribution is -2.32. The normalized spacial score (nSPS) is 23.4. The maximum Gasteiger partial charge on any atom is 0.227 e. The molecule has 1 aromatic rings. The first kappa shape index (κ1) is 22.6. The second kappa shape index (κ2) is 10.6. The first-order valence-corrected chi connectivity index (χ1v) is 9.74. The van der Waals surface area contributed by atoms with Crippen molar-refractivity contribution < 1.29 is 4.79 Å². The Morgan fingerprint density at radius 3 is 2.64 bits per heavy atom. The van der Waals surface area contributed by atoms with Crippen LogP contribution in [-0.4, -0.2) is 41.4 Å². The number of thioether (sulfide) groups is 1. The Morgan fingerprint density at radius 2 is 2.00 bits per heavy atom. The molecule has 3 N–H and O–H groups in total. The molecule has 1 heterocycles. The minimum absolute atomic E-state index is 0. The molecule has 2 atom stereocenters. The van der Waals surface area contributed by atoms with E-state index in [9.17, 15) is 4.79 Å². The molecule has 1 aliphatic carbocycles. The van der Waals surface area contributed by atoms with E-state index in [0.29, 0.717) is 0 Å². The van der Waals surface area contributed by atoms with Crippen LogP contribution in [0.5, 0.6) is 0 Å². The minimum atomic E-state index is 0. The third-order valence-electron chi connectivity index (χ3n) is 5.05. The number of nitrogens with two attached hydrogens (primary N) is 1. The molecule has 142 valence electrons. The summed E-state index contributed by atoms with van der Waals surface area (Å²) in [4.78, 5) is 14.9. The van der Waals surface area contributed by atoms with Gasteiger partial charge >= 0.3 is 0 Å². The molecule has 1 amide bonds. The van der Waals surface area contributed by atoms with Gasteiger partial charge in [-0.05, 0) is 43.4 Å². The zero-order valence-corrected chi connectivity index (χ0v) is 17.2. The molecule has 4 nitrogen and oxygen atoms in total. The van der Waals surface area contributed by atoms with Crippen LogP contribution >= 0.6 is 36.6 Å². The molecule has 0 bridgehead atoms. The summed E-state index contributed by atoms with van der Waals surface area (Å²) in [5.41, 5.74) is 9.40. The molecule has 2 unspecified atom stereocenters. The van der Waals surface area contributed by atoms with E-state index in [1.807, 2.05) is 17.8 Å². The van der Waals surface area contributed by atoms with Crippen LogP contribution in [0.3, 0.4) is 0 Å². The molecule has 1 aliphatic heterocycles. The molecule has 0 radical (unpaired) electrons. The molecule has 3 rings (SSSR count). The highest BCUT2D eigenvalue weighted by molar-refractivity contribution is 7.99. The van der Waals surface area contributed by atoms with Gasteiger partial charge in [0, 0.05) is 48.8 Å². The third kappa shape index (κ3) is 6.04. The Labute approximate surface area is 167 Å². The highest BCUT2D eigenvalue weighted by atomic mass is 35.5. The number of carbonyl (C=O) groups excluding carboxylic acids is 1. The lowest BCUT2D eigenvalue weighted by atomic mass is 10.0. The Morgan fingerprint density at radius 1 is 1.28 bits per heavy atom. The van der Waals surface area contributed by atoms with Gasteiger partial charge in [-0.15, -0.1) is 24.8 Å². The van der Waals surface area contributed by atoms with Crippen LogP contribution in [-0.2, 0) is 11.3 Å². The van der Waals surface area contributed by atoms with Crippen LogP contribution in [0.15, 0.2) is 18.2 Å². The van der Waals surface area contributed by atoms with Crippen molar-refractivity contribution in [2.45, 2.75) is 38.8 Å². The second-order valence-corrected chi connectivity index (χ2v) is 7.96. The number of halogens is 2. The van der Waals surface area contributed by atoms with E-state index >= 15 is 0 Å². The summed E-state index contributed by atoms with van der Waals surface area (Å²) >= 11 is 2.03. The fourth-order valence-corrected chi connectivity index (χ4v) is 4.46. The summed E-state index contributed by atoms with van der Waals surface area (Å²) in [6, 6.07) is 6.43. The Kier molecular flexibility index (Phi) is 9.60. The van der Waals surface area contributed by atoms with Gasteiger partial charge in [0.15, 0.2) is 0 Å². The van der Waals surface area contributed by atoms with Crippen LogP contribution in [0, 0.1) is 12.8 Å². The van der Waals surface area contributed by atoms with Crippen LogP contribution < -0.4 is 11.1 Å². The van der Waals surface area contributed by atoms with Gasteiger partial charge in [-0.2, -0.15) is 11.8 Å². The van der Waals surface area contributed by atoms with Gasteiger partial charge in [0.2, 0.25) is 5.91 Å². The maximum absolute atomic E-state index is 12.4. The van der Waals surface area contributed by atoms with Crippen molar-refractivity contribution in [2.24, 2.45) is 11.7 Å². The molecular weight excluding hydrogens is 377 g/mol. The van der Waals surface area contributed by atoms with Crippen molar-refractivity contribution in [1.29, 1.82) is 0 Å². The number of amides is 1. The average molecular weight is 406 g/mol. The van der Waals surface area contributed by atoms with E-state index in [0.717, 1.165) is 44.6 Å². The highest BCUT2D eigenvalue weighted by Gasteiger charge is 2.28. The molecular formula is C18H29Cl2N3OS. The van der Waals surface area contributed by atoms with Gasteiger partial charge in [-0.1, -0.05) is 12.1 Å². The summed E-state index contributed by atoms with van der Waals surface area (Å²) in [6.45, 7) is 5.40. The fourth-order valence-electron chi connectivity index (χ4n) is 3.48. The molecule has 0 aromatic heterocycles. The summed E-state index contributed by atoms with van der Waals surface area (Å²) < 4.78 is 0. The summed E-state index contributed by atoms with van der Waals surface area (Å²) in [5, 5.41) is 3.13. The van der Waals surface area contributed by atoms with Crippen molar-refractivity contribution >= 4 is 48.2 Å². The van der Waals surface area contributed by atoms with Gasteiger partial charge in [0.25, 0.3) is 0 Å². The smallest absolute Gasteiger partial charge is 0.227 e. The van der Waals surface area contributed by atoms with E-state index < -0.39 is 0 Å². The number of carbonyl (C=O) groups is 1. The van der Waals surface area contributed by atoms with Crippen molar-refractivity contribution in [1.82, 2.24) is 4.90 Å². The van der Waals surface area contributed by atoms with Gasteiger partial charge in [0.05, 0.1) is 0 Å². The topological polar surface area (TPSA) is 58.4 Å². The lowest BCUT2D eigenvalue weighted by Gasteiger charge is -2.27. The van der Waals surface area contributed by atoms with Gasteiger partial charge in [-0.3, -0.25) is 9.69 Å². The number of benzene rings is 1. The van der Waals surface area contributed by atoms with Gasteiger partial charge < -0.3 is 11.1 Å². The van der Waals surface area contributed by atoms with Crippen LogP contribution in [0.1, 0.15) is 30.4 Å². The minimum Gasteiger partial charge on any atom is -0.328 e. The van der Waals surface area contributed by atoms with Gasteiger partial charge in [-0.25, -0.2) is 0 Å². The van der Waals surface area contributed by atoms with E-state index in [1.165, 1.54) is 22.6 Å². The second-order valence-electron chi connectivity index (χ2n) is 6.74. The monoisotopic (exact) mass is 405 g/mol. The van der Waals surface area contributed by atoms with E-state index in [4.69, 9.17) is 5.73 Å². The number of anilines is 1. The lowest BCUT2D eigenvalue weighted by molar-refractivity contribution is -0.119. The fraction of sp³-hybridized carbons (Fsp3) is 0.611. The standard InChI is InChI=1S/C18H27N3OS.2ClH/c1-13-15(12-21-7-9-23-10-8-21)3-2-4-17(13)20-18(22)14-5-6-16(19)11-14;;/h2-4,14,16H,5-12,19H2,1H3,(H,20,22);2*1H. The zero-order valence-electron chi connectivity index (χ0n) is 14.7. The summed E-state index contributed by atoms with van der Waals surface area (Å²) in [5.74, 6) is 2.65. The molecule has 0 spiro atoms. The zero-order chi connectivity index (χ0) is 16.2. The maximum atomic E-state index is 12.4. The number of nitrogens with one attached hydrogen (secondary N) is 1. The first-order valence-electron chi connectivity index (χ1n) is 8.58. The molecule has 1 aromatic carbocycles. The third-order valence-corrected chi connectivity index (χ3v) is 5.99. The molecule has 1 saturated heterocycles. The predicted molar refractivity (Wildman–Crippen MR) is 112 cm³/mol. The Balaban J connectivity index is 0.00000156. The van der Waals surface area contributed by atoms with Crippen LogP contribution in [0.25, 0.3) is 0 Å². The number of nitrogens with zero attached hydrogens (tertiary/aromatic N) is 1. The Bertz CT molecular complexity index is 567. The quantitative estimate of drug-likeness (QED) is 0.804. The SMILES string of the molecule is Cc1c(CN2CCSCC2)cccc1NC(=O)C1CCC(N)C1.Cl.Cl. The predicted octanol–water partition coefficient (Wildman–Crippen LogP) is 3.45. The van der Waals surface area contributed by atoms with Crippen LogP contribution in [0.2, 0.25) is 0 Å². The average Bonchev–Trinajstić information content (AvgIpc) is 2.99. The van der Waals surface area contributed by atoms with E-state index in [2.05, 4.69) is 29.3 Å². The van der Waals surface area contributed by atoms with Crippen molar-refractivity contribution in [3.8, 4) is 0 Å². The van der Waals surface area contributed by atoms with Crippen molar-refractivity contribution in [3.63, 3.8) is 0 Å². The van der Waals surface area contributed by atoms with E-state index in [-0.39, 0.29) is 42.7 Å². The number of rotatable bonds is 4. The van der Waals surface area contributed by atoms with Crippen molar-refractivity contribution in [3.05, 3.63) is 29.3 Å². The highest BCUT2D eigenvalue weighted by Crippen LogP contribution is 2.27. The van der Waals surface area contributed by atoms with Gasteiger partial charge in [0.1, 0.15) is 0 Å². The van der Waals surface area contributed by atoms with E-state index in [1.54, 1.807) is 0 Å². The first-order chi connectivity index (χ1) is 11.1. The summed E-state index contributed by atoms with van der Waals surface area (Å²) in [7, 11) is 0. The summed E-state index contributed by atoms with van der Waals surface area (Å²) in [6.07, 6.45) is 2.69. The Hall–Kier alpha value is -0.460. The molecule has 2 fully saturated rings. The number of hydrogen-bond acceptors (Lipinski definition) is 4. The molecule has 2 aliphatic rings. The van der Waals surface area contributed by atoms with Crippen molar-refractivity contribution in [2.75, 3.05) is 29.9 Å². The molecule has 1 saturated carbocycles.